The maximum atomic E-state index is 12.5. The second-order valence-corrected chi connectivity index (χ2v) is 6.44. The summed E-state index contributed by atoms with van der Waals surface area (Å²) in [5.74, 6) is 0.347. The molecule has 0 saturated carbocycles. The van der Waals surface area contributed by atoms with Crippen molar-refractivity contribution in [3.63, 3.8) is 0 Å². The lowest BCUT2D eigenvalue weighted by molar-refractivity contribution is -0.905. The summed E-state index contributed by atoms with van der Waals surface area (Å²) in [4.78, 5) is 14.1. The predicted molar refractivity (Wildman–Crippen MR) is 87.3 cm³/mol. The first-order valence-corrected chi connectivity index (χ1v) is 8.27. The van der Waals surface area contributed by atoms with Crippen molar-refractivity contribution in [2.75, 3.05) is 19.6 Å². The van der Waals surface area contributed by atoms with Crippen LogP contribution in [0.25, 0.3) is 11.0 Å². The Kier molecular flexibility index (Phi) is 4.48. The van der Waals surface area contributed by atoms with Crippen LogP contribution in [0.3, 0.4) is 0 Å². The molecule has 1 aromatic carbocycles. The zero-order valence-electron chi connectivity index (χ0n) is 13.4. The molecule has 1 atom stereocenters. The van der Waals surface area contributed by atoms with E-state index < -0.39 is 0 Å². The van der Waals surface area contributed by atoms with Gasteiger partial charge in [-0.3, -0.25) is 4.79 Å². The van der Waals surface area contributed by atoms with E-state index in [9.17, 15) is 4.79 Å². The summed E-state index contributed by atoms with van der Waals surface area (Å²) >= 11 is 0. The lowest BCUT2D eigenvalue weighted by atomic mass is 10.1. The zero-order chi connectivity index (χ0) is 15.5. The third-order valence-electron chi connectivity index (χ3n) is 4.58. The van der Waals surface area contributed by atoms with Crippen LogP contribution in [0.15, 0.2) is 28.7 Å². The molecule has 1 aliphatic heterocycles. The first-order valence-electron chi connectivity index (χ1n) is 8.27. The van der Waals surface area contributed by atoms with E-state index >= 15 is 0 Å². The van der Waals surface area contributed by atoms with Crippen LogP contribution in [0.4, 0.5) is 0 Å². The van der Waals surface area contributed by atoms with E-state index in [1.165, 1.54) is 32.4 Å². The van der Waals surface area contributed by atoms with Crippen molar-refractivity contribution in [3.05, 3.63) is 35.6 Å². The summed E-state index contributed by atoms with van der Waals surface area (Å²) in [6.45, 7) is 7.47. The van der Waals surface area contributed by atoms with Gasteiger partial charge in [0.15, 0.2) is 5.76 Å². The average molecular weight is 301 g/mol. The molecule has 0 aliphatic carbocycles. The van der Waals surface area contributed by atoms with Crippen molar-refractivity contribution >= 4 is 16.9 Å². The third kappa shape index (κ3) is 3.17. The number of likely N-dealkylation sites (tertiary alicyclic amines) is 1. The van der Waals surface area contributed by atoms with Gasteiger partial charge in [0.25, 0.3) is 5.91 Å². The summed E-state index contributed by atoms with van der Waals surface area (Å²) in [6, 6.07) is 7.95. The minimum absolute atomic E-state index is 0.0994. The number of nitrogens with one attached hydrogen (secondary N) is 2. The van der Waals surface area contributed by atoms with Crippen LogP contribution in [0.5, 0.6) is 0 Å². The smallest absolute Gasteiger partial charge is 0.287 e. The summed E-state index contributed by atoms with van der Waals surface area (Å²) in [7, 11) is 0. The van der Waals surface area contributed by atoms with Gasteiger partial charge in [-0.25, -0.2) is 0 Å². The number of carbonyl (C=O) groups is 1. The predicted octanol–water partition coefficient (Wildman–Crippen LogP) is 1.93. The Labute approximate surface area is 131 Å². The van der Waals surface area contributed by atoms with E-state index in [0.717, 1.165) is 23.1 Å². The van der Waals surface area contributed by atoms with Gasteiger partial charge < -0.3 is 14.6 Å². The van der Waals surface area contributed by atoms with Gasteiger partial charge in [-0.1, -0.05) is 18.2 Å². The number of furan rings is 1. The fourth-order valence-corrected chi connectivity index (χ4v) is 3.42. The number of fused-ring (bicyclic) bond motifs is 1. The van der Waals surface area contributed by atoms with E-state index in [0.29, 0.717) is 5.76 Å². The molecule has 1 amide bonds. The number of benzene rings is 1. The zero-order valence-corrected chi connectivity index (χ0v) is 13.4. The monoisotopic (exact) mass is 301 g/mol. The van der Waals surface area contributed by atoms with Crippen LogP contribution in [0.2, 0.25) is 0 Å². The highest BCUT2D eigenvalue weighted by Crippen LogP contribution is 2.24. The molecular weight excluding hydrogens is 276 g/mol. The lowest BCUT2D eigenvalue weighted by Crippen LogP contribution is -3.14. The van der Waals surface area contributed by atoms with Crippen LogP contribution in [0.1, 0.15) is 42.3 Å². The SMILES string of the molecule is Cc1c(C(=O)N[C@H](C)C[NH+]2CCCCC2)oc2ccccc12. The van der Waals surface area contributed by atoms with Gasteiger partial charge >= 0.3 is 0 Å². The van der Waals surface area contributed by atoms with E-state index in [1.807, 2.05) is 31.2 Å². The van der Waals surface area contributed by atoms with E-state index in [4.69, 9.17) is 4.42 Å². The Hall–Kier alpha value is -1.81. The molecule has 2 N–H and O–H groups in total. The minimum Gasteiger partial charge on any atom is -0.451 e. The molecule has 0 radical (unpaired) electrons. The van der Waals surface area contributed by atoms with Gasteiger partial charge in [0.05, 0.1) is 25.7 Å². The molecule has 2 heterocycles. The number of aryl methyl sites for hydroxylation is 1. The van der Waals surface area contributed by atoms with Crippen LogP contribution >= 0.6 is 0 Å². The number of rotatable bonds is 4. The molecule has 4 nitrogen and oxygen atoms in total. The standard InChI is InChI=1S/C18H24N2O2/c1-13(12-20-10-6-3-7-11-20)19-18(21)17-14(2)15-8-4-5-9-16(15)22-17/h4-5,8-9,13H,3,6-7,10-12H2,1-2H3,(H,19,21)/p+1/t13-/m1/s1. The van der Waals surface area contributed by atoms with E-state index in [1.54, 1.807) is 4.90 Å². The first-order chi connectivity index (χ1) is 10.6. The van der Waals surface area contributed by atoms with Crippen LogP contribution in [0, 0.1) is 6.92 Å². The summed E-state index contributed by atoms with van der Waals surface area (Å²) < 4.78 is 5.73. The number of quaternary nitrogens is 1. The molecular formula is C18H25N2O2+. The quantitative estimate of drug-likeness (QED) is 0.906. The second kappa shape index (κ2) is 6.53. The summed E-state index contributed by atoms with van der Waals surface area (Å²) in [5, 5.41) is 4.11. The molecule has 0 bridgehead atoms. The van der Waals surface area contributed by atoms with Gasteiger partial charge in [-0.15, -0.1) is 0 Å². The first kappa shape index (κ1) is 15.1. The number of hydrogen-bond acceptors (Lipinski definition) is 2. The van der Waals surface area contributed by atoms with Crippen LogP contribution in [-0.4, -0.2) is 31.6 Å². The Morgan fingerprint density at radius 1 is 1.27 bits per heavy atom. The summed E-state index contributed by atoms with van der Waals surface area (Å²) in [5.41, 5.74) is 1.70. The molecule has 1 fully saturated rings. The van der Waals surface area contributed by atoms with Crippen molar-refractivity contribution in [2.24, 2.45) is 0 Å². The average Bonchev–Trinajstić information content (AvgIpc) is 2.86. The second-order valence-electron chi connectivity index (χ2n) is 6.44. The number of carbonyl (C=O) groups excluding carboxylic acids is 1. The van der Waals surface area contributed by atoms with E-state index in [-0.39, 0.29) is 11.9 Å². The number of hydrogen-bond donors (Lipinski definition) is 2. The highest BCUT2D eigenvalue weighted by atomic mass is 16.3. The van der Waals surface area contributed by atoms with Crippen molar-refractivity contribution in [3.8, 4) is 0 Å². The Morgan fingerprint density at radius 2 is 2.00 bits per heavy atom. The molecule has 118 valence electrons. The molecule has 1 saturated heterocycles. The van der Waals surface area contributed by atoms with Crippen molar-refractivity contribution in [2.45, 2.75) is 39.2 Å². The lowest BCUT2D eigenvalue weighted by Gasteiger charge is -2.26. The normalized spacial score (nSPS) is 17.5. The molecule has 4 heteroatoms. The number of amides is 1. The minimum atomic E-state index is -0.0994. The van der Waals surface area contributed by atoms with Crippen LogP contribution < -0.4 is 10.2 Å². The van der Waals surface area contributed by atoms with Gasteiger partial charge in [0.1, 0.15) is 5.58 Å². The highest BCUT2D eigenvalue weighted by Gasteiger charge is 2.22. The maximum absolute atomic E-state index is 12.5. The van der Waals surface area contributed by atoms with Gasteiger partial charge in [0, 0.05) is 10.9 Å². The molecule has 3 rings (SSSR count). The van der Waals surface area contributed by atoms with Crippen LogP contribution in [-0.2, 0) is 0 Å². The fourth-order valence-electron chi connectivity index (χ4n) is 3.42. The Bertz CT molecular complexity index is 656. The van der Waals surface area contributed by atoms with Gasteiger partial charge in [-0.05, 0) is 39.2 Å². The van der Waals surface area contributed by atoms with Crippen molar-refractivity contribution < 1.29 is 14.1 Å². The van der Waals surface area contributed by atoms with Crippen molar-refractivity contribution in [1.29, 1.82) is 0 Å². The van der Waals surface area contributed by atoms with Gasteiger partial charge in [-0.2, -0.15) is 0 Å². The van der Waals surface area contributed by atoms with Crippen molar-refractivity contribution in [1.82, 2.24) is 5.32 Å². The van der Waals surface area contributed by atoms with Gasteiger partial charge in [0.2, 0.25) is 0 Å². The molecule has 22 heavy (non-hydrogen) atoms. The molecule has 0 unspecified atom stereocenters. The molecule has 1 aromatic heterocycles. The number of para-hydroxylation sites is 1. The maximum Gasteiger partial charge on any atom is 0.287 e. The molecule has 0 spiro atoms. The topological polar surface area (TPSA) is 46.7 Å². The molecule has 1 aliphatic rings. The summed E-state index contributed by atoms with van der Waals surface area (Å²) in [6.07, 6.45) is 3.96. The largest absolute Gasteiger partial charge is 0.451 e. The van der Waals surface area contributed by atoms with E-state index in [2.05, 4.69) is 12.2 Å². The molecule has 2 aromatic rings. The Morgan fingerprint density at radius 3 is 2.73 bits per heavy atom. The fraction of sp³-hybridized carbons (Fsp3) is 0.500. The third-order valence-corrected chi connectivity index (χ3v) is 4.58. The number of piperidine rings is 1. The highest BCUT2D eigenvalue weighted by molar-refractivity contribution is 5.98. The Balaban J connectivity index is 1.66.